The van der Waals surface area contributed by atoms with E-state index in [4.69, 9.17) is 0 Å². The molecule has 1 amide bonds. The monoisotopic (exact) mass is 598 g/mol. The van der Waals surface area contributed by atoms with Gasteiger partial charge in [0, 0.05) is 30.6 Å². The van der Waals surface area contributed by atoms with Crippen molar-refractivity contribution in [1.82, 2.24) is 30.0 Å². The number of nitrogens with zero attached hydrogens (tertiary/aromatic N) is 5. The van der Waals surface area contributed by atoms with Crippen molar-refractivity contribution in [3.63, 3.8) is 0 Å². The minimum atomic E-state index is -0.505. The summed E-state index contributed by atoms with van der Waals surface area (Å²) in [6.45, 7) is 9.32. The van der Waals surface area contributed by atoms with Crippen LogP contribution < -0.4 is 5.32 Å². The summed E-state index contributed by atoms with van der Waals surface area (Å²) >= 11 is 2.50. The van der Waals surface area contributed by atoms with Crippen molar-refractivity contribution in [3.8, 4) is 0 Å². The third-order valence-electron chi connectivity index (χ3n) is 7.08. The smallest absolute Gasteiger partial charge is 0.223 e. The van der Waals surface area contributed by atoms with Crippen molar-refractivity contribution < 1.29 is 9.18 Å². The largest absolute Gasteiger partial charge is 0.349 e. The minimum Gasteiger partial charge on any atom is -0.349 e. The molecule has 2 aromatic heterocycles. The van der Waals surface area contributed by atoms with Crippen LogP contribution in [-0.4, -0.2) is 48.2 Å². The summed E-state index contributed by atoms with van der Waals surface area (Å²) in [6.07, 6.45) is 8.58. The van der Waals surface area contributed by atoms with Crippen LogP contribution in [-0.2, 0) is 4.79 Å². The third-order valence-corrected chi connectivity index (χ3v) is 8.54. The summed E-state index contributed by atoms with van der Waals surface area (Å²) in [5.74, 6) is 1.98. The number of nitrogens with one attached hydrogen (secondary N) is 1. The van der Waals surface area contributed by atoms with Gasteiger partial charge in [-0.2, -0.15) is 4.39 Å². The number of hydrogen-bond acceptors (Lipinski definition) is 5. The van der Waals surface area contributed by atoms with Crippen molar-refractivity contribution in [1.29, 1.82) is 0 Å². The zero-order valence-corrected chi connectivity index (χ0v) is 23.8. The lowest BCUT2D eigenvalue weighted by Crippen LogP contribution is -2.37. The molecule has 3 rings (SSSR count). The summed E-state index contributed by atoms with van der Waals surface area (Å²) in [4.78, 5) is 19.1. The number of hydrogen-bond donors (Lipinski definition) is 1. The maximum Gasteiger partial charge on any atom is 0.223 e. The van der Waals surface area contributed by atoms with E-state index in [-0.39, 0.29) is 23.9 Å². The number of rotatable bonds is 11. The van der Waals surface area contributed by atoms with Gasteiger partial charge in [-0.15, -0.1) is 10.2 Å². The van der Waals surface area contributed by atoms with Crippen LogP contribution in [0.5, 0.6) is 0 Å². The summed E-state index contributed by atoms with van der Waals surface area (Å²) in [5, 5.41) is 11.9. The van der Waals surface area contributed by atoms with Crippen molar-refractivity contribution in [2.45, 2.75) is 94.7 Å². The Labute approximate surface area is 222 Å². The quantitative estimate of drug-likeness (QED) is 0.155. The Kier molecular flexibility index (Phi) is 10.4. The Morgan fingerprint density at radius 2 is 1.94 bits per heavy atom. The molecule has 1 aliphatic carbocycles. The van der Waals surface area contributed by atoms with E-state index in [2.05, 4.69) is 80.4 Å². The number of amides is 1. The Bertz CT molecular complexity index is 944. The fourth-order valence-corrected chi connectivity index (χ4v) is 5.95. The van der Waals surface area contributed by atoms with Gasteiger partial charge in [0.05, 0.1) is 10.1 Å². The highest BCUT2D eigenvalue weighted by Gasteiger charge is 2.26. The van der Waals surface area contributed by atoms with E-state index >= 15 is 0 Å². The van der Waals surface area contributed by atoms with E-state index in [1.807, 2.05) is 6.92 Å². The summed E-state index contributed by atoms with van der Waals surface area (Å²) < 4.78 is 16.0. The van der Waals surface area contributed by atoms with Gasteiger partial charge >= 0.3 is 0 Å². The zero-order chi connectivity index (χ0) is 25.5. The van der Waals surface area contributed by atoms with Crippen molar-refractivity contribution in [3.05, 3.63) is 41.5 Å². The first kappa shape index (κ1) is 28.0. The van der Waals surface area contributed by atoms with Crippen molar-refractivity contribution >= 4 is 28.5 Å². The molecule has 1 saturated carbocycles. The van der Waals surface area contributed by atoms with E-state index in [1.165, 1.54) is 12.5 Å². The van der Waals surface area contributed by atoms with Gasteiger partial charge in [-0.1, -0.05) is 61.8 Å². The molecule has 35 heavy (non-hydrogen) atoms. The van der Waals surface area contributed by atoms with E-state index in [0.29, 0.717) is 9.97 Å². The number of carbonyl (C=O) groups is 1. The van der Waals surface area contributed by atoms with Crippen LogP contribution in [0.1, 0.15) is 101 Å². The van der Waals surface area contributed by atoms with Crippen LogP contribution in [0, 0.1) is 18.8 Å². The van der Waals surface area contributed by atoms with Gasteiger partial charge < -0.3 is 9.88 Å². The van der Waals surface area contributed by atoms with E-state index < -0.39 is 5.95 Å². The minimum absolute atomic E-state index is 0.0812. The lowest BCUT2D eigenvalue weighted by Gasteiger charge is -2.30. The SMILES string of the molecule is Cc1nnc(C(C)C)n1C(C)CC(I)N(C)CC[C@H](NC(=O)C1CCCCC1)c1ccc(F)nc1. The predicted molar refractivity (Wildman–Crippen MR) is 145 cm³/mol. The Morgan fingerprint density at radius 3 is 2.57 bits per heavy atom. The Hall–Kier alpha value is -1.62. The predicted octanol–water partition coefficient (Wildman–Crippen LogP) is 5.72. The average Bonchev–Trinajstić information content (AvgIpc) is 3.24. The number of aromatic nitrogens is 4. The van der Waals surface area contributed by atoms with Crippen LogP contribution in [0.4, 0.5) is 4.39 Å². The summed E-state index contributed by atoms with van der Waals surface area (Å²) in [5.41, 5.74) is 0.851. The topological polar surface area (TPSA) is 75.9 Å². The molecule has 1 aliphatic rings. The van der Waals surface area contributed by atoms with Gasteiger partial charge in [0.15, 0.2) is 0 Å². The summed E-state index contributed by atoms with van der Waals surface area (Å²) in [7, 11) is 2.12. The fraction of sp³-hybridized carbons (Fsp3) is 0.692. The first-order valence-electron chi connectivity index (χ1n) is 12.8. The molecule has 194 valence electrons. The molecular weight excluding hydrogens is 558 g/mol. The second kappa shape index (κ2) is 13.1. The highest BCUT2D eigenvalue weighted by atomic mass is 127. The van der Waals surface area contributed by atoms with Crippen LogP contribution in [0.25, 0.3) is 0 Å². The van der Waals surface area contributed by atoms with Gasteiger partial charge in [0.1, 0.15) is 11.6 Å². The Morgan fingerprint density at radius 1 is 1.23 bits per heavy atom. The molecule has 0 saturated heterocycles. The maximum absolute atomic E-state index is 13.4. The van der Waals surface area contributed by atoms with Gasteiger partial charge in [0.25, 0.3) is 0 Å². The van der Waals surface area contributed by atoms with Gasteiger partial charge in [-0.3, -0.25) is 9.69 Å². The standard InChI is InChI=1S/C26H40FIN6O/c1-17(2)25-32-31-19(4)34(25)18(3)15-24(28)33(5)14-13-22(21-11-12-23(27)29-16-21)30-26(35)20-9-7-6-8-10-20/h11-12,16-18,20,22,24H,6-10,13-15H2,1-5H3,(H,30,35)/t18?,22-,24?/m0/s1. The molecule has 0 radical (unpaired) electrons. The molecule has 2 aromatic rings. The lowest BCUT2D eigenvalue weighted by molar-refractivity contribution is -0.126. The number of alkyl halides is 1. The molecule has 1 fully saturated rings. The normalized spacial score (nSPS) is 17.5. The van der Waals surface area contributed by atoms with E-state index in [9.17, 15) is 9.18 Å². The van der Waals surface area contributed by atoms with Gasteiger partial charge in [-0.05, 0) is 58.2 Å². The van der Waals surface area contributed by atoms with E-state index in [0.717, 1.165) is 62.3 Å². The first-order valence-corrected chi connectivity index (χ1v) is 14.1. The maximum atomic E-state index is 13.4. The molecule has 0 bridgehead atoms. The lowest BCUT2D eigenvalue weighted by atomic mass is 9.88. The zero-order valence-electron chi connectivity index (χ0n) is 21.7. The van der Waals surface area contributed by atoms with Crippen LogP contribution in [0.3, 0.4) is 0 Å². The van der Waals surface area contributed by atoms with Gasteiger partial charge in [-0.25, -0.2) is 4.98 Å². The molecule has 2 heterocycles. The van der Waals surface area contributed by atoms with Crippen molar-refractivity contribution in [2.24, 2.45) is 5.92 Å². The number of aryl methyl sites for hydroxylation is 1. The second-order valence-corrected chi connectivity index (χ2v) is 11.7. The van der Waals surface area contributed by atoms with Crippen molar-refractivity contribution in [2.75, 3.05) is 13.6 Å². The average molecular weight is 599 g/mol. The van der Waals surface area contributed by atoms with Crippen LogP contribution in [0.2, 0.25) is 0 Å². The first-order chi connectivity index (χ1) is 16.7. The highest BCUT2D eigenvalue weighted by Crippen LogP contribution is 2.28. The number of carbonyl (C=O) groups excluding carboxylic acids is 1. The van der Waals surface area contributed by atoms with Crippen LogP contribution >= 0.6 is 22.6 Å². The highest BCUT2D eigenvalue weighted by molar-refractivity contribution is 14.1. The van der Waals surface area contributed by atoms with Gasteiger partial charge in [0.2, 0.25) is 11.9 Å². The number of pyridine rings is 1. The molecule has 0 aliphatic heterocycles. The number of halogens is 2. The molecule has 7 nitrogen and oxygen atoms in total. The molecule has 3 atom stereocenters. The van der Waals surface area contributed by atoms with Crippen LogP contribution in [0.15, 0.2) is 18.3 Å². The molecule has 2 unspecified atom stereocenters. The second-order valence-electron chi connectivity index (χ2n) is 10.2. The molecule has 1 N–H and O–H groups in total. The Balaban J connectivity index is 1.62. The summed E-state index contributed by atoms with van der Waals surface area (Å²) in [6, 6.07) is 3.19. The molecule has 0 spiro atoms. The third kappa shape index (κ3) is 7.68. The fourth-order valence-electron chi connectivity index (χ4n) is 4.93. The molecular formula is C26H40FIN6O. The molecule has 0 aromatic carbocycles. The van der Waals surface area contributed by atoms with E-state index in [1.54, 1.807) is 12.3 Å². The molecule has 9 heteroatoms.